The first-order valence-corrected chi connectivity index (χ1v) is 15.1. The van der Waals surface area contributed by atoms with Crippen LogP contribution in [0.5, 0.6) is 0 Å². The summed E-state index contributed by atoms with van der Waals surface area (Å²) >= 11 is 0. The third kappa shape index (κ3) is 18.8. The largest absolute Gasteiger partial charge is 0.500 e. The van der Waals surface area contributed by atoms with Crippen molar-refractivity contribution < 1.29 is 18.0 Å². The Morgan fingerprint density at radius 3 is 1.03 bits per heavy atom. The van der Waals surface area contributed by atoms with Gasteiger partial charge in [-0.1, -0.05) is 89.9 Å². The van der Waals surface area contributed by atoms with Crippen LogP contribution in [0.15, 0.2) is 0 Å². The highest BCUT2D eigenvalue weighted by molar-refractivity contribution is 6.60. The van der Waals surface area contributed by atoms with Gasteiger partial charge in [0.1, 0.15) is 0 Å². The first kappa shape index (κ1) is 30.1. The second-order valence-corrected chi connectivity index (χ2v) is 11.1. The van der Waals surface area contributed by atoms with E-state index >= 15 is 0 Å². The van der Waals surface area contributed by atoms with Crippen molar-refractivity contribution in [3.05, 3.63) is 0 Å². The van der Waals surface area contributed by atoms with Crippen LogP contribution < -0.4 is 0 Å². The van der Waals surface area contributed by atoms with Gasteiger partial charge in [0.15, 0.2) is 0 Å². The number of hydrogen-bond acceptors (Lipinski definition) is 4. The lowest BCUT2D eigenvalue weighted by Crippen LogP contribution is -2.45. The van der Waals surface area contributed by atoms with Crippen LogP contribution in [0.4, 0.5) is 0 Å². The van der Waals surface area contributed by atoms with E-state index in [1.54, 1.807) is 7.11 Å². The minimum atomic E-state index is -2.41. The molecule has 0 aromatic rings. The molecule has 0 aromatic carbocycles. The molecule has 4 nitrogen and oxygen atoms in total. The van der Waals surface area contributed by atoms with Gasteiger partial charge >= 0.3 is 8.80 Å². The zero-order chi connectivity index (χ0) is 22.2. The first-order chi connectivity index (χ1) is 14.7. The molecule has 0 amide bonds. The van der Waals surface area contributed by atoms with Crippen molar-refractivity contribution in [2.24, 2.45) is 0 Å². The Morgan fingerprint density at radius 1 is 0.433 bits per heavy atom. The van der Waals surface area contributed by atoms with Gasteiger partial charge in [0.25, 0.3) is 0 Å². The van der Waals surface area contributed by atoms with Crippen LogP contribution in [0.1, 0.15) is 124 Å². The molecule has 0 unspecified atom stereocenters. The van der Waals surface area contributed by atoms with Gasteiger partial charge in [0, 0.05) is 39.6 Å². The zero-order valence-corrected chi connectivity index (χ0v) is 22.0. The molecule has 0 radical (unpaired) electrons. The summed E-state index contributed by atoms with van der Waals surface area (Å²) in [7, 11) is -0.617. The highest BCUT2D eigenvalue weighted by Crippen LogP contribution is 2.21. The third-order valence-electron chi connectivity index (χ3n) is 5.67. The van der Waals surface area contributed by atoms with Crippen molar-refractivity contribution in [1.29, 1.82) is 0 Å². The summed E-state index contributed by atoms with van der Waals surface area (Å²) in [5.41, 5.74) is 0. The summed E-state index contributed by atoms with van der Waals surface area (Å²) in [5.74, 6) is 0. The van der Waals surface area contributed by atoms with Crippen LogP contribution in [0, 0.1) is 0 Å². The van der Waals surface area contributed by atoms with E-state index in [4.69, 9.17) is 18.0 Å². The van der Waals surface area contributed by atoms with Gasteiger partial charge in [-0.2, -0.15) is 0 Å². The standard InChI is InChI=1S/C25H54O4Si/c1-5-27-30(28-6-2,29-7-3)25-23-21-19-17-15-13-11-9-8-10-12-14-16-18-20-22-24-26-4/h5-25H2,1-4H3. The van der Waals surface area contributed by atoms with Gasteiger partial charge in [-0.05, 0) is 33.6 Å². The van der Waals surface area contributed by atoms with Crippen molar-refractivity contribution in [2.75, 3.05) is 33.5 Å². The summed E-state index contributed by atoms with van der Waals surface area (Å²) in [5, 5.41) is 0. The molecule has 0 aliphatic heterocycles. The molecular weight excluding hydrogens is 392 g/mol. The number of unbranched alkanes of at least 4 members (excludes halogenated alkanes) is 15. The Kier molecular flexibility index (Phi) is 23.8. The fourth-order valence-corrected chi connectivity index (χ4v) is 6.75. The number of ether oxygens (including phenoxy) is 1. The van der Waals surface area contributed by atoms with Gasteiger partial charge in [-0.15, -0.1) is 0 Å². The van der Waals surface area contributed by atoms with Crippen LogP contribution in [0.3, 0.4) is 0 Å². The van der Waals surface area contributed by atoms with E-state index in [-0.39, 0.29) is 0 Å². The molecule has 0 saturated heterocycles. The SMILES string of the molecule is CCO[Si](CCCCCCCCCCCCCCCCCCOC)(OCC)OCC. The molecule has 0 fully saturated rings. The molecular formula is C25H54O4Si. The van der Waals surface area contributed by atoms with Crippen LogP contribution in [0.25, 0.3) is 0 Å². The molecule has 0 aliphatic rings. The maximum absolute atomic E-state index is 5.93. The number of rotatable bonds is 25. The van der Waals surface area contributed by atoms with Crippen molar-refractivity contribution in [1.82, 2.24) is 0 Å². The zero-order valence-electron chi connectivity index (χ0n) is 21.0. The normalized spacial score (nSPS) is 12.0. The Balaban J connectivity index is 3.41. The molecule has 182 valence electrons. The van der Waals surface area contributed by atoms with Gasteiger partial charge in [-0.25, -0.2) is 0 Å². The van der Waals surface area contributed by atoms with Gasteiger partial charge in [0.2, 0.25) is 0 Å². The molecule has 5 heteroatoms. The van der Waals surface area contributed by atoms with E-state index in [0.717, 1.165) is 12.7 Å². The molecule has 0 atom stereocenters. The van der Waals surface area contributed by atoms with Crippen molar-refractivity contribution in [3.8, 4) is 0 Å². The van der Waals surface area contributed by atoms with E-state index in [0.29, 0.717) is 19.8 Å². The lowest BCUT2D eigenvalue weighted by atomic mass is 10.0. The van der Waals surface area contributed by atoms with E-state index in [9.17, 15) is 0 Å². The predicted octanol–water partition coefficient (Wildman–Crippen LogP) is 7.92. The lowest BCUT2D eigenvalue weighted by Gasteiger charge is -2.28. The highest BCUT2D eigenvalue weighted by atomic mass is 28.4. The summed E-state index contributed by atoms with van der Waals surface area (Å²) in [6, 6.07) is 0.968. The maximum atomic E-state index is 5.93. The van der Waals surface area contributed by atoms with Crippen LogP contribution >= 0.6 is 0 Å². The predicted molar refractivity (Wildman–Crippen MR) is 131 cm³/mol. The maximum Gasteiger partial charge on any atom is 0.500 e. The average Bonchev–Trinajstić information content (AvgIpc) is 2.73. The van der Waals surface area contributed by atoms with Crippen LogP contribution in [0.2, 0.25) is 6.04 Å². The highest BCUT2D eigenvalue weighted by Gasteiger charge is 2.39. The molecule has 0 spiro atoms. The van der Waals surface area contributed by atoms with E-state index in [2.05, 4.69) is 0 Å². The molecule has 30 heavy (non-hydrogen) atoms. The smallest absolute Gasteiger partial charge is 0.385 e. The Bertz CT molecular complexity index is 311. The van der Waals surface area contributed by atoms with E-state index in [1.165, 1.54) is 103 Å². The second kappa shape index (κ2) is 23.7. The van der Waals surface area contributed by atoms with E-state index < -0.39 is 8.80 Å². The first-order valence-electron chi connectivity index (χ1n) is 13.2. The van der Waals surface area contributed by atoms with Crippen molar-refractivity contribution in [3.63, 3.8) is 0 Å². The van der Waals surface area contributed by atoms with Crippen molar-refractivity contribution >= 4 is 8.80 Å². The Morgan fingerprint density at radius 2 is 0.733 bits per heavy atom. The molecule has 0 rings (SSSR count). The average molecular weight is 447 g/mol. The van der Waals surface area contributed by atoms with Crippen molar-refractivity contribution in [2.45, 2.75) is 130 Å². The topological polar surface area (TPSA) is 36.9 Å². The Labute approximate surface area is 190 Å². The van der Waals surface area contributed by atoms with Gasteiger partial charge in [0.05, 0.1) is 0 Å². The van der Waals surface area contributed by atoms with Crippen LogP contribution in [-0.4, -0.2) is 42.3 Å². The molecule has 0 saturated carbocycles. The quantitative estimate of drug-likeness (QED) is 0.105. The number of hydrogen-bond donors (Lipinski definition) is 0. The molecule has 0 aromatic heterocycles. The van der Waals surface area contributed by atoms with Crippen LogP contribution in [-0.2, 0) is 18.0 Å². The fourth-order valence-electron chi connectivity index (χ4n) is 4.06. The summed E-state index contributed by atoms with van der Waals surface area (Å²) in [4.78, 5) is 0. The third-order valence-corrected chi connectivity index (χ3v) is 8.83. The second-order valence-electron chi connectivity index (χ2n) is 8.38. The lowest BCUT2D eigenvalue weighted by molar-refractivity contribution is 0.0706. The molecule has 0 bridgehead atoms. The minimum Gasteiger partial charge on any atom is -0.385 e. The van der Waals surface area contributed by atoms with Gasteiger partial charge < -0.3 is 18.0 Å². The molecule has 0 N–H and O–H groups in total. The summed E-state index contributed by atoms with van der Waals surface area (Å²) in [6.07, 6.45) is 21.9. The number of methoxy groups -OCH3 is 1. The minimum absolute atomic E-state index is 0.682. The summed E-state index contributed by atoms with van der Waals surface area (Å²) < 4.78 is 22.9. The van der Waals surface area contributed by atoms with Gasteiger partial charge in [-0.3, -0.25) is 0 Å². The Hall–Kier alpha value is 0.0569. The van der Waals surface area contributed by atoms with E-state index in [1.807, 2.05) is 20.8 Å². The molecule has 0 aliphatic carbocycles. The fraction of sp³-hybridized carbons (Fsp3) is 1.00. The monoisotopic (exact) mass is 446 g/mol. The summed E-state index contributed by atoms with van der Waals surface area (Å²) in [6.45, 7) is 9.07. The molecule has 0 heterocycles.